The topological polar surface area (TPSA) is 139 Å². The molecule has 2 aromatic rings. The first-order valence-corrected chi connectivity index (χ1v) is 20.0. The van der Waals surface area contributed by atoms with Crippen LogP contribution in [0.5, 0.6) is 0 Å². The van der Waals surface area contributed by atoms with Crippen LogP contribution in [-0.4, -0.2) is 158 Å². The van der Waals surface area contributed by atoms with Crippen LogP contribution in [0.15, 0.2) is 60.7 Å². The Morgan fingerprint density at radius 1 is 0.442 bits per heavy atom. The second-order valence-electron chi connectivity index (χ2n) is 12.5. The van der Waals surface area contributed by atoms with E-state index in [-0.39, 0.29) is 18.3 Å². The molecule has 0 aliphatic carbocycles. The lowest BCUT2D eigenvalue weighted by molar-refractivity contribution is -0.142. The zero-order chi connectivity index (χ0) is 37.4. The summed E-state index contributed by atoms with van der Waals surface area (Å²) in [6.07, 6.45) is 0. The van der Waals surface area contributed by atoms with Crippen LogP contribution >= 0.6 is 0 Å². The number of carboxylic acids is 1. The van der Waals surface area contributed by atoms with Gasteiger partial charge in [-0.05, 0) is 15.4 Å². The highest BCUT2D eigenvalue weighted by Gasteiger charge is 2.50. The zero-order valence-corrected chi connectivity index (χ0v) is 32.5. The van der Waals surface area contributed by atoms with E-state index in [0.717, 1.165) is 0 Å². The van der Waals surface area contributed by atoms with E-state index in [2.05, 4.69) is 69.3 Å². The van der Waals surface area contributed by atoms with E-state index in [1.165, 1.54) is 10.4 Å². The molecule has 14 heteroatoms. The van der Waals surface area contributed by atoms with Gasteiger partial charge in [0, 0.05) is 0 Å². The van der Waals surface area contributed by atoms with Crippen molar-refractivity contribution in [1.82, 2.24) is 0 Å². The zero-order valence-electron chi connectivity index (χ0n) is 31.5. The molecule has 0 aliphatic rings. The van der Waals surface area contributed by atoms with Gasteiger partial charge < -0.3 is 56.9 Å². The molecule has 0 radical (unpaired) electrons. The van der Waals surface area contributed by atoms with E-state index in [1.54, 1.807) is 0 Å². The number of rotatable bonds is 35. The first-order chi connectivity index (χ1) is 25.4. The molecule has 0 atom stereocenters. The predicted octanol–water partition coefficient (Wildman–Crippen LogP) is 2.81. The molecule has 0 saturated carbocycles. The normalized spacial score (nSPS) is 12.1. The molecule has 296 valence electrons. The lowest BCUT2D eigenvalue weighted by Crippen LogP contribution is -2.66. The first-order valence-electron chi connectivity index (χ1n) is 18.1. The largest absolute Gasteiger partial charge is 0.480 e. The van der Waals surface area contributed by atoms with Crippen molar-refractivity contribution in [3.05, 3.63) is 60.7 Å². The monoisotopic (exact) mass is 754 g/mol. The molecule has 2 rings (SSSR count). The second kappa shape index (κ2) is 30.1. The van der Waals surface area contributed by atoms with Crippen LogP contribution in [0.4, 0.5) is 0 Å². The molecule has 0 aromatic heterocycles. The second-order valence-corrected chi connectivity index (χ2v) is 16.8. The van der Waals surface area contributed by atoms with E-state index in [1.807, 2.05) is 12.1 Å². The number of aliphatic carboxylic acids is 1. The number of ether oxygens (including phenoxy) is 10. The van der Waals surface area contributed by atoms with Gasteiger partial charge in [-0.25, -0.2) is 4.79 Å². The summed E-state index contributed by atoms with van der Waals surface area (Å²) in [6, 6.07) is 21.2. The van der Waals surface area contributed by atoms with Crippen LogP contribution < -0.4 is 10.4 Å². The van der Waals surface area contributed by atoms with Crippen LogP contribution in [-0.2, 0) is 56.6 Å². The van der Waals surface area contributed by atoms with Crippen molar-refractivity contribution >= 4 is 24.7 Å². The number of hydrogen-bond donors (Lipinski definition) is 1. The fourth-order valence-electron chi connectivity index (χ4n) is 5.15. The summed E-state index contributed by atoms with van der Waals surface area (Å²) in [5.74, 6) is -0.996. The Hall–Kier alpha value is -2.31. The Morgan fingerprint density at radius 3 is 0.942 bits per heavy atom. The third kappa shape index (κ3) is 20.8. The summed E-state index contributed by atoms with van der Waals surface area (Å²) in [5.41, 5.74) is 0. The van der Waals surface area contributed by atoms with Crippen molar-refractivity contribution in [3.8, 4) is 0 Å². The molecule has 0 saturated heterocycles. The predicted molar refractivity (Wildman–Crippen MR) is 199 cm³/mol. The molecular formula is C38H62O13Si. The standard InChI is InChI=1S/C38H62O13Si/c1-38(2,3)52(35-10-6-4-7-11-35,36-12-8-5-9-13-36)51-33-32-49-29-28-47-25-24-45-21-20-43-17-16-41-14-15-42-18-19-44-22-23-46-26-27-48-30-31-50-34-37(39)40/h4-13H,14-34H2,1-3H3,(H,39,40). The molecule has 0 aliphatic heterocycles. The molecule has 0 amide bonds. The van der Waals surface area contributed by atoms with E-state index < -0.39 is 14.3 Å². The summed E-state index contributed by atoms with van der Waals surface area (Å²) in [4.78, 5) is 10.3. The third-order valence-electron chi connectivity index (χ3n) is 7.54. The minimum absolute atomic E-state index is 0.0615. The quantitative estimate of drug-likeness (QED) is 0.0817. The van der Waals surface area contributed by atoms with Crippen molar-refractivity contribution in [2.45, 2.75) is 25.8 Å². The summed E-state index contributed by atoms with van der Waals surface area (Å²) in [7, 11) is -2.54. The molecule has 0 bridgehead atoms. The minimum atomic E-state index is -2.54. The summed E-state index contributed by atoms with van der Waals surface area (Å²) < 4.78 is 61.3. The van der Waals surface area contributed by atoms with Crippen LogP contribution in [0.3, 0.4) is 0 Å². The number of hydrogen-bond acceptors (Lipinski definition) is 12. The van der Waals surface area contributed by atoms with Crippen molar-refractivity contribution in [3.63, 3.8) is 0 Å². The van der Waals surface area contributed by atoms with Gasteiger partial charge in [0.2, 0.25) is 0 Å². The maximum atomic E-state index is 10.3. The molecule has 1 N–H and O–H groups in total. The molecule has 0 spiro atoms. The van der Waals surface area contributed by atoms with Crippen molar-refractivity contribution < 1.29 is 61.7 Å². The Labute approximate surface area is 311 Å². The number of carboxylic acid groups (broad SMARTS) is 1. The minimum Gasteiger partial charge on any atom is -0.480 e. The smallest absolute Gasteiger partial charge is 0.329 e. The summed E-state index contributed by atoms with van der Waals surface area (Å²) in [6.45, 7) is 15.7. The Morgan fingerprint density at radius 2 is 0.692 bits per heavy atom. The molecule has 0 fully saturated rings. The highest BCUT2D eigenvalue weighted by Crippen LogP contribution is 2.36. The SMILES string of the molecule is CC(C)(C)[Si](OCCOCCOCCOCCOCCOCCOCCOCCOCCOCCOCC(=O)O)(c1ccccc1)c1ccccc1. The van der Waals surface area contributed by atoms with Crippen LogP contribution in [0, 0.1) is 0 Å². The molecule has 52 heavy (non-hydrogen) atoms. The Bertz CT molecular complexity index is 1070. The van der Waals surface area contributed by atoms with Gasteiger partial charge in [0.15, 0.2) is 0 Å². The van der Waals surface area contributed by atoms with Gasteiger partial charge in [-0.15, -0.1) is 0 Å². The van der Waals surface area contributed by atoms with E-state index >= 15 is 0 Å². The fourth-order valence-corrected chi connectivity index (χ4v) is 9.70. The lowest BCUT2D eigenvalue weighted by atomic mass is 10.2. The molecule has 2 aromatic carbocycles. The maximum Gasteiger partial charge on any atom is 0.329 e. The Balaban J connectivity index is 1.32. The first kappa shape index (κ1) is 45.8. The van der Waals surface area contributed by atoms with Crippen molar-refractivity contribution in [2.24, 2.45) is 0 Å². The van der Waals surface area contributed by atoms with Crippen LogP contribution in [0.1, 0.15) is 20.8 Å². The number of carbonyl (C=O) groups is 1. The fraction of sp³-hybridized carbons (Fsp3) is 0.658. The lowest BCUT2D eigenvalue weighted by Gasteiger charge is -2.43. The van der Waals surface area contributed by atoms with E-state index in [4.69, 9.17) is 56.9 Å². The average Bonchev–Trinajstić information content (AvgIpc) is 3.13. The highest BCUT2D eigenvalue weighted by molar-refractivity contribution is 6.99. The summed E-state index contributed by atoms with van der Waals surface area (Å²) in [5, 5.41) is 10.9. The van der Waals surface area contributed by atoms with Crippen LogP contribution in [0.2, 0.25) is 5.04 Å². The van der Waals surface area contributed by atoms with Gasteiger partial charge in [-0.1, -0.05) is 81.4 Å². The highest BCUT2D eigenvalue weighted by atomic mass is 28.4. The van der Waals surface area contributed by atoms with E-state index in [0.29, 0.717) is 126 Å². The average molecular weight is 755 g/mol. The third-order valence-corrected chi connectivity index (χ3v) is 12.6. The van der Waals surface area contributed by atoms with Gasteiger partial charge in [-0.2, -0.15) is 0 Å². The molecule has 0 heterocycles. The molecule has 13 nitrogen and oxygen atoms in total. The molecule has 0 unspecified atom stereocenters. The summed E-state index contributed by atoms with van der Waals surface area (Å²) >= 11 is 0. The van der Waals surface area contributed by atoms with Gasteiger partial charge >= 0.3 is 5.97 Å². The molecular weight excluding hydrogens is 692 g/mol. The van der Waals surface area contributed by atoms with E-state index in [9.17, 15) is 4.79 Å². The van der Waals surface area contributed by atoms with Crippen LogP contribution in [0.25, 0.3) is 0 Å². The van der Waals surface area contributed by atoms with Crippen molar-refractivity contribution in [2.75, 3.05) is 139 Å². The number of benzene rings is 2. The van der Waals surface area contributed by atoms with Crippen molar-refractivity contribution in [1.29, 1.82) is 0 Å². The van der Waals surface area contributed by atoms with Gasteiger partial charge in [-0.3, -0.25) is 0 Å². The maximum absolute atomic E-state index is 10.3. The Kier molecular flexibility index (Phi) is 26.5. The van der Waals surface area contributed by atoms with Gasteiger partial charge in [0.05, 0.1) is 132 Å². The van der Waals surface area contributed by atoms with Gasteiger partial charge in [0.1, 0.15) is 6.61 Å². The van der Waals surface area contributed by atoms with Gasteiger partial charge in [0.25, 0.3) is 8.32 Å².